The fourth-order valence-electron chi connectivity index (χ4n) is 2.02. The minimum absolute atomic E-state index is 0.142. The first-order valence-electron chi connectivity index (χ1n) is 5.76. The van der Waals surface area contributed by atoms with Crippen LogP contribution in [0.25, 0.3) is 0 Å². The van der Waals surface area contributed by atoms with Crippen molar-refractivity contribution in [3.63, 3.8) is 0 Å². The Kier molecular flexibility index (Phi) is 4.39. The average Bonchev–Trinajstić information content (AvgIpc) is 2.83. The summed E-state index contributed by atoms with van der Waals surface area (Å²) in [5, 5.41) is 3.56. The Morgan fingerprint density at radius 1 is 1.50 bits per heavy atom. The summed E-state index contributed by atoms with van der Waals surface area (Å²) in [6, 6.07) is 4.53. The van der Waals surface area contributed by atoms with Gasteiger partial charge in [0.1, 0.15) is 5.76 Å². The molecule has 0 bridgehead atoms. The molecule has 1 aromatic rings. The van der Waals surface area contributed by atoms with Crippen LogP contribution in [0.1, 0.15) is 24.6 Å². The molecular formula is C12H19NO3. The van der Waals surface area contributed by atoms with Crippen LogP contribution in [0, 0.1) is 0 Å². The molecule has 1 unspecified atom stereocenters. The van der Waals surface area contributed by atoms with Crippen molar-refractivity contribution in [3.05, 3.63) is 24.2 Å². The number of rotatable bonds is 5. The predicted octanol–water partition coefficient (Wildman–Crippen LogP) is 1.74. The van der Waals surface area contributed by atoms with Crippen LogP contribution in [-0.4, -0.2) is 33.0 Å². The first-order chi connectivity index (χ1) is 7.90. The Bertz CT molecular complexity index is 280. The number of nitrogens with one attached hydrogen (secondary N) is 1. The summed E-state index contributed by atoms with van der Waals surface area (Å²) in [6.45, 7) is 2.32. The van der Waals surface area contributed by atoms with Gasteiger partial charge in [0.05, 0.1) is 18.9 Å². The lowest BCUT2D eigenvalue weighted by Gasteiger charge is -2.27. The third-order valence-electron chi connectivity index (χ3n) is 2.88. The summed E-state index contributed by atoms with van der Waals surface area (Å²) in [5.41, 5.74) is 0. The van der Waals surface area contributed by atoms with Crippen molar-refractivity contribution in [2.75, 3.05) is 26.9 Å². The Hall–Kier alpha value is -0.840. The molecule has 4 heteroatoms. The second-order valence-electron chi connectivity index (χ2n) is 4.08. The topological polar surface area (TPSA) is 43.6 Å². The zero-order valence-electron chi connectivity index (χ0n) is 9.65. The first kappa shape index (κ1) is 11.6. The van der Waals surface area contributed by atoms with Crippen molar-refractivity contribution in [1.29, 1.82) is 0 Å². The molecule has 2 heterocycles. The first-order valence-corrected chi connectivity index (χ1v) is 5.76. The molecule has 4 nitrogen and oxygen atoms in total. The van der Waals surface area contributed by atoms with Crippen molar-refractivity contribution in [2.24, 2.45) is 0 Å². The van der Waals surface area contributed by atoms with Crippen LogP contribution < -0.4 is 5.32 Å². The third-order valence-corrected chi connectivity index (χ3v) is 2.88. The van der Waals surface area contributed by atoms with Gasteiger partial charge in [-0.3, -0.25) is 0 Å². The zero-order chi connectivity index (χ0) is 11.2. The predicted molar refractivity (Wildman–Crippen MR) is 60.3 cm³/mol. The highest BCUT2D eigenvalue weighted by Crippen LogP contribution is 2.17. The average molecular weight is 225 g/mol. The number of ether oxygens (including phenoxy) is 2. The molecule has 1 aliphatic heterocycles. The van der Waals surface area contributed by atoms with E-state index in [0.29, 0.717) is 12.6 Å². The molecule has 0 aromatic carbocycles. The number of hydrogen-bond acceptors (Lipinski definition) is 4. The molecule has 1 fully saturated rings. The maximum Gasteiger partial charge on any atom is 0.123 e. The molecule has 0 amide bonds. The van der Waals surface area contributed by atoms with E-state index < -0.39 is 0 Å². The van der Waals surface area contributed by atoms with Gasteiger partial charge in [0.25, 0.3) is 0 Å². The van der Waals surface area contributed by atoms with Gasteiger partial charge in [0.2, 0.25) is 0 Å². The lowest BCUT2D eigenvalue weighted by molar-refractivity contribution is 0.0667. The van der Waals surface area contributed by atoms with E-state index in [1.54, 1.807) is 13.4 Å². The summed E-state index contributed by atoms with van der Waals surface area (Å²) < 4.78 is 16.0. The van der Waals surface area contributed by atoms with Gasteiger partial charge in [-0.05, 0) is 25.0 Å². The SMILES string of the molecule is COCC(NC1CCOCC1)c1ccco1. The molecule has 16 heavy (non-hydrogen) atoms. The molecule has 2 rings (SSSR count). The quantitative estimate of drug-likeness (QED) is 0.829. The van der Waals surface area contributed by atoms with E-state index in [4.69, 9.17) is 13.9 Å². The lowest BCUT2D eigenvalue weighted by Crippen LogP contribution is -2.38. The Morgan fingerprint density at radius 3 is 2.94 bits per heavy atom. The molecule has 1 saturated heterocycles. The molecule has 0 radical (unpaired) electrons. The molecule has 1 aliphatic rings. The van der Waals surface area contributed by atoms with Gasteiger partial charge in [-0.25, -0.2) is 0 Å². The molecule has 1 N–H and O–H groups in total. The van der Waals surface area contributed by atoms with Gasteiger partial charge in [-0.2, -0.15) is 0 Å². The summed E-state index contributed by atoms with van der Waals surface area (Å²) in [5.74, 6) is 0.938. The number of methoxy groups -OCH3 is 1. The lowest BCUT2D eigenvalue weighted by atomic mass is 10.1. The van der Waals surface area contributed by atoms with Gasteiger partial charge in [-0.1, -0.05) is 0 Å². The fraction of sp³-hybridized carbons (Fsp3) is 0.667. The van der Waals surface area contributed by atoms with Crippen LogP contribution >= 0.6 is 0 Å². The van der Waals surface area contributed by atoms with Crippen molar-refractivity contribution in [1.82, 2.24) is 5.32 Å². The highest BCUT2D eigenvalue weighted by Gasteiger charge is 2.20. The van der Waals surface area contributed by atoms with Crippen LogP contribution in [0.15, 0.2) is 22.8 Å². The van der Waals surface area contributed by atoms with E-state index in [1.165, 1.54) is 0 Å². The zero-order valence-corrected chi connectivity index (χ0v) is 9.65. The largest absolute Gasteiger partial charge is 0.468 e. The molecule has 0 saturated carbocycles. The van der Waals surface area contributed by atoms with Crippen LogP contribution in [0.5, 0.6) is 0 Å². The van der Waals surface area contributed by atoms with Crippen LogP contribution in [-0.2, 0) is 9.47 Å². The third kappa shape index (κ3) is 3.07. The van der Waals surface area contributed by atoms with Crippen LogP contribution in [0.2, 0.25) is 0 Å². The normalized spacial score (nSPS) is 19.8. The van der Waals surface area contributed by atoms with Crippen molar-refractivity contribution in [2.45, 2.75) is 24.9 Å². The van der Waals surface area contributed by atoms with Gasteiger partial charge in [0.15, 0.2) is 0 Å². The van der Waals surface area contributed by atoms with E-state index in [1.807, 2.05) is 12.1 Å². The van der Waals surface area contributed by atoms with Crippen LogP contribution in [0.3, 0.4) is 0 Å². The summed E-state index contributed by atoms with van der Waals surface area (Å²) >= 11 is 0. The second-order valence-corrected chi connectivity index (χ2v) is 4.08. The highest BCUT2D eigenvalue weighted by atomic mass is 16.5. The van der Waals surface area contributed by atoms with E-state index in [0.717, 1.165) is 31.8 Å². The van der Waals surface area contributed by atoms with Crippen molar-refractivity contribution >= 4 is 0 Å². The van der Waals surface area contributed by atoms with E-state index in [2.05, 4.69) is 5.32 Å². The Labute approximate surface area is 95.9 Å². The minimum atomic E-state index is 0.142. The standard InChI is InChI=1S/C12H19NO3/c1-14-9-11(12-3-2-6-16-12)13-10-4-7-15-8-5-10/h2-3,6,10-11,13H,4-5,7-9H2,1H3. The van der Waals surface area contributed by atoms with Gasteiger partial charge in [-0.15, -0.1) is 0 Å². The Morgan fingerprint density at radius 2 is 2.31 bits per heavy atom. The molecular weight excluding hydrogens is 206 g/mol. The monoisotopic (exact) mass is 225 g/mol. The summed E-state index contributed by atoms with van der Waals surface area (Å²) in [7, 11) is 1.71. The van der Waals surface area contributed by atoms with Crippen LogP contribution in [0.4, 0.5) is 0 Å². The van der Waals surface area contributed by atoms with Gasteiger partial charge < -0.3 is 19.2 Å². The maximum absolute atomic E-state index is 5.42. The molecule has 90 valence electrons. The van der Waals surface area contributed by atoms with Gasteiger partial charge in [0, 0.05) is 26.4 Å². The van der Waals surface area contributed by atoms with E-state index in [9.17, 15) is 0 Å². The van der Waals surface area contributed by atoms with Gasteiger partial charge >= 0.3 is 0 Å². The summed E-state index contributed by atoms with van der Waals surface area (Å²) in [4.78, 5) is 0. The van der Waals surface area contributed by atoms with E-state index >= 15 is 0 Å². The fourth-order valence-corrected chi connectivity index (χ4v) is 2.02. The maximum atomic E-state index is 5.42. The smallest absolute Gasteiger partial charge is 0.123 e. The number of hydrogen-bond donors (Lipinski definition) is 1. The second kappa shape index (κ2) is 6.03. The minimum Gasteiger partial charge on any atom is -0.468 e. The number of furan rings is 1. The summed E-state index contributed by atoms with van der Waals surface area (Å²) in [6.07, 6.45) is 3.81. The highest BCUT2D eigenvalue weighted by molar-refractivity contribution is 5.05. The molecule has 1 atom stereocenters. The molecule has 1 aromatic heterocycles. The van der Waals surface area contributed by atoms with E-state index in [-0.39, 0.29) is 6.04 Å². The van der Waals surface area contributed by atoms with Crippen molar-refractivity contribution in [3.8, 4) is 0 Å². The molecule has 0 aliphatic carbocycles. The van der Waals surface area contributed by atoms with Crippen molar-refractivity contribution < 1.29 is 13.9 Å². The molecule has 0 spiro atoms. The Balaban J connectivity index is 1.91.